The van der Waals surface area contributed by atoms with Crippen molar-refractivity contribution < 1.29 is 13.2 Å². The van der Waals surface area contributed by atoms with Crippen molar-refractivity contribution in [3.05, 3.63) is 77.6 Å². The molecule has 0 spiro atoms. The summed E-state index contributed by atoms with van der Waals surface area (Å²) in [6.45, 7) is 1.10. The maximum atomic E-state index is 12.8. The van der Waals surface area contributed by atoms with Crippen LogP contribution in [0.3, 0.4) is 0 Å². The lowest BCUT2D eigenvalue weighted by atomic mass is 10.1. The van der Waals surface area contributed by atoms with Gasteiger partial charge in [-0.15, -0.1) is 0 Å². The molecule has 1 aliphatic rings. The van der Waals surface area contributed by atoms with Gasteiger partial charge in [-0.2, -0.15) is 9.40 Å². The number of piperazine rings is 1. The molecule has 2 heterocycles. The lowest BCUT2D eigenvalue weighted by Gasteiger charge is -2.34. The molecule has 3 aromatic rings. The van der Waals surface area contributed by atoms with Gasteiger partial charge in [0.2, 0.25) is 10.0 Å². The Hall–Kier alpha value is -2.68. The molecular weight excluding hydrogens is 412 g/mol. The van der Waals surface area contributed by atoms with E-state index in [2.05, 4.69) is 5.10 Å². The molecule has 0 radical (unpaired) electrons. The highest BCUT2D eigenvalue weighted by Gasteiger charge is 2.31. The predicted octanol–water partition coefficient (Wildman–Crippen LogP) is 2.67. The number of sulfonamides is 1. The van der Waals surface area contributed by atoms with Crippen LogP contribution < -0.4 is 0 Å². The van der Waals surface area contributed by atoms with Gasteiger partial charge in [-0.05, 0) is 42.5 Å². The number of hydrogen-bond donors (Lipinski definition) is 0. The molecule has 2 aromatic carbocycles. The van der Waals surface area contributed by atoms with Crippen molar-refractivity contribution in [1.82, 2.24) is 19.0 Å². The Morgan fingerprint density at radius 3 is 2.24 bits per heavy atom. The van der Waals surface area contributed by atoms with E-state index in [4.69, 9.17) is 11.6 Å². The molecule has 1 amide bonds. The highest BCUT2D eigenvalue weighted by molar-refractivity contribution is 7.89. The van der Waals surface area contributed by atoms with E-state index in [9.17, 15) is 13.2 Å². The Kier molecular flexibility index (Phi) is 5.40. The first-order chi connectivity index (χ1) is 14.0. The molecule has 0 atom stereocenters. The summed E-state index contributed by atoms with van der Waals surface area (Å²) in [6, 6.07) is 15.4. The van der Waals surface area contributed by atoms with Gasteiger partial charge in [-0.25, -0.2) is 13.1 Å². The maximum Gasteiger partial charge on any atom is 0.253 e. The smallest absolute Gasteiger partial charge is 0.253 e. The average Bonchev–Trinajstić information content (AvgIpc) is 3.28. The van der Waals surface area contributed by atoms with Crippen molar-refractivity contribution >= 4 is 27.5 Å². The Bertz CT molecular complexity index is 1110. The third kappa shape index (κ3) is 3.91. The second-order valence-electron chi connectivity index (χ2n) is 6.62. The largest absolute Gasteiger partial charge is 0.336 e. The summed E-state index contributed by atoms with van der Waals surface area (Å²) < 4.78 is 28.8. The summed E-state index contributed by atoms with van der Waals surface area (Å²) in [7, 11) is -3.68. The Labute approximate surface area is 174 Å². The third-order valence-electron chi connectivity index (χ3n) is 4.86. The van der Waals surface area contributed by atoms with Crippen LogP contribution in [0.4, 0.5) is 0 Å². The van der Waals surface area contributed by atoms with Crippen LogP contribution in [-0.2, 0) is 10.0 Å². The summed E-state index contributed by atoms with van der Waals surface area (Å²) >= 11 is 6.06. The van der Waals surface area contributed by atoms with E-state index < -0.39 is 10.0 Å². The van der Waals surface area contributed by atoms with E-state index in [0.717, 1.165) is 5.69 Å². The summed E-state index contributed by atoms with van der Waals surface area (Å²) in [5.74, 6) is -0.119. The van der Waals surface area contributed by atoms with Crippen LogP contribution in [0.25, 0.3) is 5.69 Å². The second kappa shape index (κ2) is 7.98. The quantitative estimate of drug-likeness (QED) is 0.637. The van der Waals surface area contributed by atoms with E-state index in [-0.39, 0.29) is 28.9 Å². The first-order valence-electron chi connectivity index (χ1n) is 9.11. The monoisotopic (exact) mass is 430 g/mol. The molecule has 0 unspecified atom stereocenters. The van der Waals surface area contributed by atoms with Crippen molar-refractivity contribution in [2.75, 3.05) is 26.2 Å². The molecule has 9 heteroatoms. The van der Waals surface area contributed by atoms with Gasteiger partial charge >= 0.3 is 0 Å². The van der Waals surface area contributed by atoms with Gasteiger partial charge in [0.1, 0.15) is 4.90 Å². The summed E-state index contributed by atoms with van der Waals surface area (Å²) in [6.07, 6.45) is 3.52. The molecule has 1 aromatic heterocycles. The molecule has 7 nitrogen and oxygen atoms in total. The van der Waals surface area contributed by atoms with Gasteiger partial charge in [0.25, 0.3) is 5.91 Å². The van der Waals surface area contributed by atoms with Gasteiger partial charge < -0.3 is 4.90 Å². The summed E-state index contributed by atoms with van der Waals surface area (Å²) in [4.78, 5) is 14.6. The molecule has 1 fully saturated rings. The van der Waals surface area contributed by atoms with E-state index in [1.807, 2.05) is 24.4 Å². The summed E-state index contributed by atoms with van der Waals surface area (Å²) in [5, 5.41) is 4.36. The van der Waals surface area contributed by atoms with Crippen molar-refractivity contribution in [3.8, 4) is 5.69 Å². The number of carbonyl (C=O) groups excluding carboxylic acids is 1. The minimum atomic E-state index is -3.68. The molecule has 0 N–H and O–H groups in total. The topological polar surface area (TPSA) is 75.5 Å². The van der Waals surface area contributed by atoms with Gasteiger partial charge in [0.05, 0.1) is 10.7 Å². The second-order valence-corrected chi connectivity index (χ2v) is 8.94. The minimum absolute atomic E-state index is 0.0932. The van der Waals surface area contributed by atoms with Crippen LogP contribution in [0, 0.1) is 0 Å². The fourth-order valence-electron chi connectivity index (χ4n) is 3.29. The number of rotatable bonds is 4. The van der Waals surface area contributed by atoms with E-state index in [1.54, 1.807) is 46.1 Å². The fraction of sp³-hybridized carbons (Fsp3) is 0.200. The number of benzene rings is 2. The Morgan fingerprint density at radius 1 is 0.931 bits per heavy atom. The van der Waals surface area contributed by atoms with Crippen molar-refractivity contribution in [2.45, 2.75) is 4.90 Å². The van der Waals surface area contributed by atoms with E-state index >= 15 is 0 Å². The Balaban J connectivity index is 1.43. The van der Waals surface area contributed by atoms with Gasteiger partial charge in [-0.1, -0.05) is 23.7 Å². The van der Waals surface area contributed by atoms with E-state index in [0.29, 0.717) is 18.7 Å². The third-order valence-corrected chi connectivity index (χ3v) is 7.26. The zero-order valence-corrected chi connectivity index (χ0v) is 17.1. The minimum Gasteiger partial charge on any atom is -0.336 e. The van der Waals surface area contributed by atoms with Crippen molar-refractivity contribution in [3.63, 3.8) is 0 Å². The fourth-order valence-corrected chi connectivity index (χ4v) is 5.20. The molecule has 0 aliphatic carbocycles. The first-order valence-corrected chi connectivity index (χ1v) is 10.9. The molecule has 0 bridgehead atoms. The van der Waals surface area contributed by atoms with Gasteiger partial charge in [0, 0.05) is 44.1 Å². The number of hydrogen-bond acceptors (Lipinski definition) is 4. The standard InChI is InChI=1S/C20H19ClN4O3S/c21-18-4-1-2-5-19(18)29(27,28)24-14-12-23(13-15-24)20(26)16-6-8-17(9-7-16)25-11-3-10-22-25/h1-11H,12-15H2. The molecule has 0 saturated carbocycles. The SMILES string of the molecule is O=C(c1ccc(-n2cccn2)cc1)N1CCN(S(=O)(=O)c2ccccc2Cl)CC1. The highest BCUT2D eigenvalue weighted by atomic mass is 35.5. The number of carbonyl (C=O) groups is 1. The maximum absolute atomic E-state index is 12.8. The van der Waals surface area contributed by atoms with E-state index in [1.165, 1.54) is 10.4 Å². The van der Waals surface area contributed by atoms with Crippen LogP contribution in [0.5, 0.6) is 0 Å². The number of nitrogens with zero attached hydrogens (tertiary/aromatic N) is 4. The number of amides is 1. The van der Waals surface area contributed by atoms with Crippen LogP contribution >= 0.6 is 11.6 Å². The first kappa shape index (κ1) is 19.6. The molecule has 150 valence electrons. The van der Waals surface area contributed by atoms with Crippen LogP contribution in [-0.4, -0.2) is 59.5 Å². The summed E-state index contributed by atoms with van der Waals surface area (Å²) in [5.41, 5.74) is 1.42. The zero-order valence-electron chi connectivity index (χ0n) is 15.5. The van der Waals surface area contributed by atoms with Crippen LogP contribution in [0.2, 0.25) is 5.02 Å². The molecular formula is C20H19ClN4O3S. The predicted molar refractivity (Wildman–Crippen MR) is 110 cm³/mol. The number of aromatic nitrogens is 2. The lowest BCUT2D eigenvalue weighted by Crippen LogP contribution is -2.50. The zero-order chi connectivity index (χ0) is 20.4. The average molecular weight is 431 g/mol. The molecule has 1 saturated heterocycles. The molecule has 1 aliphatic heterocycles. The lowest BCUT2D eigenvalue weighted by molar-refractivity contribution is 0.0698. The van der Waals surface area contributed by atoms with Crippen LogP contribution in [0.15, 0.2) is 71.9 Å². The van der Waals surface area contributed by atoms with Gasteiger partial charge in [0.15, 0.2) is 0 Å². The Morgan fingerprint density at radius 2 is 1.62 bits per heavy atom. The van der Waals surface area contributed by atoms with Crippen molar-refractivity contribution in [2.24, 2.45) is 0 Å². The van der Waals surface area contributed by atoms with Crippen molar-refractivity contribution in [1.29, 1.82) is 0 Å². The van der Waals surface area contributed by atoms with Gasteiger partial charge in [-0.3, -0.25) is 4.79 Å². The highest BCUT2D eigenvalue weighted by Crippen LogP contribution is 2.25. The van der Waals surface area contributed by atoms with Crippen LogP contribution in [0.1, 0.15) is 10.4 Å². The molecule has 29 heavy (non-hydrogen) atoms. The normalized spacial score (nSPS) is 15.4. The molecule has 4 rings (SSSR count). The number of halogens is 1.